The lowest BCUT2D eigenvalue weighted by Crippen LogP contribution is -2.05. The summed E-state index contributed by atoms with van der Waals surface area (Å²) in [4.78, 5) is 11.2. The minimum absolute atomic E-state index is 0.0115. The summed E-state index contributed by atoms with van der Waals surface area (Å²) in [5.74, 6) is -0.0115. The van der Waals surface area contributed by atoms with Crippen LogP contribution < -0.4 is 0 Å². The monoisotopic (exact) mass is 210 g/mol. The Labute approximate surface area is 92.7 Å². The molecule has 86 valence electrons. The van der Waals surface area contributed by atoms with Crippen molar-refractivity contribution in [3.8, 4) is 0 Å². The van der Waals surface area contributed by atoms with Gasteiger partial charge in [-0.05, 0) is 38.5 Å². The molecule has 0 unspecified atom stereocenters. The van der Waals surface area contributed by atoms with Gasteiger partial charge in [0.2, 0.25) is 0 Å². The van der Waals surface area contributed by atoms with Crippen molar-refractivity contribution in [3.63, 3.8) is 0 Å². The first-order valence-corrected chi connectivity index (χ1v) is 6.20. The Kier molecular flexibility index (Phi) is 6.97. The lowest BCUT2D eigenvalue weighted by molar-refractivity contribution is -0.143. The molecule has 0 saturated heterocycles. The van der Waals surface area contributed by atoms with Gasteiger partial charge in [0.25, 0.3) is 0 Å². The molecule has 0 N–H and O–H groups in total. The number of cyclic esters (lactones) is 1. The van der Waals surface area contributed by atoms with Crippen LogP contribution in [0.25, 0.3) is 0 Å². The average Bonchev–Trinajstić information content (AvgIpc) is 2.24. The van der Waals surface area contributed by atoms with Crippen LogP contribution >= 0.6 is 0 Å². The van der Waals surface area contributed by atoms with E-state index in [2.05, 4.69) is 12.2 Å². The second-order valence-electron chi connectivity index (χ2n) is 4.14. The van der Waals surface area contributed by atoms with Crippen molar-refractivity contribution in [2.24, 2.45) is 0 Å². The molecule has 0 saturated carbocycles. The molecule has 1 heterocycles. The van der Waals surface area contributed by atoms with Crippen LogP contribution in [-0.4, -0.2) is 12.6 Å². The Morgan fingerprint density at radius 3 is 2.33 bits per heavy atom. The van der Waals surface area contributed by atoms with E-state index in [9.17, 15) is 4.79 Å². The van der Waals surface area contributed by atoms with E-state index in [1.54, 1.807) is 0 Å². The van der Waals surface area contributed by atoms with Gasteiger partial charge in [0.1, 0.15) is 0 Å². The second-order valence-corrected chi connectivity index (χ2v) is 4.14. The van der Waals surface area contributed by atoms with Crippen LogP contribution in [0.2, 0.25) is 0 Å². The van der Waals surface area contributed by atoms with Crippen LogP contribution in [0.5, 0.6) is 0 Å². The molecule has 0 bridgehead atoms. The molecule has 15 heavy (non-hydrogen) atoms. The highest BCUT2D eigenvalue weighted by Crippen LogP contribution is 2.08. The highest BCUT2D eigenvalue weighted by molar-refractivity contribution is 5.69. The quantitative estimate of drug-likeness (QED) is 0.451. The third-order valence-electron chi connectivity index (χ3n) is 2.70. The van der Waals surface area contributed by atoms with E-state index in [0.29, 0.717) is 13.0 Å². The topological polar surface area (TPSA) is 26.3 Å². The van der Waals surface area contributed by atoms with Crippen molar-refractivity contribution in [2.75, 3.05) is 6.61 Å². The number of carbonyl (C=O) groups is 1. The summed E-state index contributed by atoms with van der Waals surface area (Å²) >= 11 is 0. The van der Waals surface area contributed by atoms with Gasteiger partial charge < -0.3 is 4.74 Å². The number of hydrogen-bond donors (Lipinski definition) is 0. The largest absolute Gasteiger partial charge is 0.466 e. The van der Waals surface area contributed by atoms with Gasteiger partial charge >= 0.3 is 5.97 Å². The maximum absolute atomic E-state index is 11.2. The predicted molar refractivity (Wildman–Crippen MR) is 61.7 cm³/mol. The second kappa shape index (κ2) is 8.51. The fourth-order valence-electron chi connectivity index (χ4n) is 1.74. The van der Waals surface area contributed by atoms with E-state index in [1.807, 2.05) is 0 Å². The highest BCUT2D eigenvalue weighted by atomic mass is 16.5. The van der Waals surface area contributed by atoms with Crippen molar-refractivity contribution in [1.82, 2.24) is 0 Å². The minimum atomic E-state index is -0.0115. The summed E-state index contributed by atoms with van der Waals surface area (Å²) in [5.41, 5.74) is 0. The normalized spacial score (nSPS) is 23.9. The molecular weight excluding hydrogens is 188 g/mol. The molecule has 1 rings (SSSR count). The van der Waals surface area contributed by atoms with Crippen LogP contribution in [0.3, 0.4) is 0 Å². The average molecular weight is 210 g/mol. The number of hydrogen-bond acceptors (Lipinski definition) is 2. The molecular formula is C13H22O2. The molecule has 0 aliphatic carbocycles. The van der Waals surface area contributed by atoms with Crippen molar-refractivity contribution >= 4 is 5.97 Å². The summed E-state index contributed by atoms with van der Waals surface area (Å²) in [5, 5.41) is 0. The van der Waals surface area contributed by atoms with E-state index >= 15 is 0 Å². The third kappa shape index (κ3) is 7.18. The predicted octanol–water partition coefficient (Wildman–Crippen LogP) is 3.61. The molecule has 0 aromatic rings. The Morgan fingerprint density at radius 1 is 0.867 bits per heavy atom. The van der Waals surface area contributed by atoms with Crippen molar-refractivity contribution in [1.29, 1.82) is 0 Å². The van der Waals surface area contributed by atoms with Gasteiger partial charge in [-0.3, -0.25) is 4.79 Å². The molecule has 0 amide bonds. The number of carbonyl (C=O) groups excluding carboxylic acids is 1. The third-order valence-corrected chi connectivity index (χ3v) is 2.70. The molecule has 0 spiro atoms. The van der Waals surface area contributed by atoms with Gasteiger partial charge in [-0.1, -0.05) is 25.0 Å². The zero-order valence-corrected chi connectivity index (χ0v) is 9.54. The molecule has 2 heteroatoms. The smallest absolute Gasteiger partial charge is 0.305 e. The van der Waals surface area contributed by atoms with Gasteiger partial charge in [0, 0.05) is 6.42 Å². The Hall–Kier alpha value is -0.790. The van der Waals surface area contributed by atoms with Gasteiger partial charge in [0.15, 0.2) is 0 Å². The van der Waals surface area contributed by atoms with Crippen molar-refractivity contribution < 1.29 is 9.53 Å². The van der Waals surface area contributed by atoms with E-state index in [0.717, 1.165) is 32.1 Å². The first kappa shape index (κ1) is 12.3. The van der Waals surface area contributed by atoms with Crippen LogP contribution in [0.4, 0.5) is 0 Å². The standard InChI is InChI=1S/C13H22O2/c14-13-11-9-7-5-3-1-2-4-6-8-10-12-15-13/h2,4H,1,3,5-12H2/b4-2-. The molecule has 0 aromatic heterocycles. The fourth-order valence-corrected chi connectivity index (χ4v) is 1.74. The number of rotatable bonds is 0. The number of esters is 1. The van der Waals surface area contributed by atoms with Crippen LogP contribution in [0, 0.1) is 0 Å². The van der Waals surface area contributed by atoms with Crippen LogP contribution in [-0.2, 0) is 9.53 Å². The summed E-state index contributed by atoms with van der Waals surface area (Å²) in [6.45, 7) is 0.604. The zero-order chi connectivity index (χ0) is 10.8. The van der Waals surface area contributed by atoms with Gasteiger partial charge in [-0.2, -0.15) is 0 Å². The van der Waals surface area contributed by atoms with E-state index in [-0.39, 0.29) is 5.97 Å². The van der Waals surface area contributed by atoms with Gasteiger partial charge in [0.05, 0.1) is 6.61 Å². The van der Waals surface area contributed by atoms with Crippen LogP contribution in [0.1, 0.15) is 57.8 Å². The molecule has 1 aliphatic rings. The van der Waals surface area contributed by atoms with Gasteiger partial charge in [-0.25, -0.2) is 0 Å². The number of allylic oxidation sites excluding steroid dienone is 2. The minimum Gasteiger partial charge on any atom is -0.466 e. The Balaban J connectivity index is 2.20. The zero-order valence-electron chi connectivity index (χ0n) is 9.54. The van der Waals surface area contributed by atoms with Crippen molar-refractivity contribution in [2.45, 2.75) is 57.8 Å². The molecule has 0 atom stereocenters. The van der Waals surface area contributed by atoms with E-state index < -0.39 is 0 Å². The first-order valence-electron chi connectivity index (χ1n) is 6.20. The highest BCUT2D eigenvalue weighted by Gasteiger charge is 2.02. The van der Waals surface area contributed by atoms with E-state index in [1.165, 1.54) is 19.3 Å². The molecule has 0 fully saturated rings. The summed E-state index contributed by atoms with van der Waals surface area (Å²) < 4.78 is 5.12. The Bertz CT molecular complexity index is 197. The van der Waals surface area contributed by atoms with E-state index in [4.69, 9.17) is 4.74 Å². The SMILES string of the molecule is O=C1CCCCCC/C=C\CCCCO1. The number of ether oxygens (including phenoxy) is 1. The molecule has 1 aliphatic heterocycles. The molecule has 0 radical (unpaired) electrons. The lowest BCUT2D eigenvalue weighted by atomic mass is 10.1. The Morgan fingerprint density at radius 2 is 1.53 bits per heavy atom. The summed E-state index contributed by atoms with van der Waals surface area (Å²) in [6, 6.07) is 0. The fraction of sp³-hybridized carbons (Fsp3) is 0.769. The lowest BCUT2D eigenvalue weighted by Gasteiger charge is -2.05. The first-order chi connectivity index (χ1) is 7.39. The molecule has 0 aromatic carbocycles. The maximum atomic E-state index is 11.2. The summed E-state index contributed by atoms with van der Waals surface area (Å²) in [7, 11) is 0. The molecule has 2 nitrogen and oxygen atoms in total. The van der Waals surface area contributed by atoms with Crippen molar-refractivity contribution in [3.05, 3.63) is 12.2 Å². The maximum Gasteiger partial charge on any atom is 0.305 e. The summed E-state index contributed by atoms with van der Waals surface area (Å²) in [6.07, 6.45) is 14.2. The van der Waals surface area contributed by atoms with Crippen LogP contribution in [0.15, 0.2) is 12.2 Å². The van der Waals surface area contributed by atoms with Gasteiger partial charge in [-0.15, -0.1) is 0 Å².